The smallest absolute Gasteiger partial charge is 0.273 e. The van der Waals surface area contributed by atoms with Gasteiger partial charge in [-0.2, -0.15) is 0 Å². The van der Waals surface area contributed by atoms with Gasteiger partial charge in [0.15, 0.2) is 0 Å². The average molecular weight is 472 g/mol. The maximum atomic E-state index is 13.5. The van der Waals surface area contributed by atoms with Crippen LogP contribution in [-0.2, 0) is 9.59 Å². The lowest BCUT2D eigenvalue weighted by atomic mass is 10.1. The van der Waals surface area contributed by atoms with Gasteiger partial charge in [-0.15, -0.1) is 0 Å². The zero-order valence-electron chi connectivity index (χ0n) is 19.4. The summed E-state index contributed by atoms with van der Waals surface area (Å²) < 4.78 is 5.60. The zero-order chi connectivity index (χ0) is 24.9. The molecule has 0 aromatic heterocycles. The number of amides is 4. The molecule has 4 rings (SSSR count). The summed E-state index contributed by atoms with van der Waals surface area (Å²) in [5.74, 6) is -1.90. The molecule has 1 atom stereocenters. The molecule has 0 bridgehead atoms. The number of ether oxygens (including phenoxy) is 1. The third-order valence-corrected chi connectivity index (χ3v) is 5.69. The molecule has 1 aliphatic rings. The lowest BCUT2D eigenvalue weighted by molar-refractivity contribution is -0.122. The van der Waals surface area contributed by atoms with E-state index >= 15 is 0 Å². The molecule has 0 saturated carbocycles. The number of aryl methyl sites for hydroxylation is 1. The van der Waals surface area contributed by atoms with Gasteiger partial charge < -0.3 is 4.74 Å². The van der Waals surface area contributed by atoms with Crippen molar-refractivity contribution in [2.75, 3.05) is 11.5 Å². The van der Waals surface area contributed by atoms with E-state index in [0.29, 0.717) is 29.2 Å². The number of nitrogens with one attached hydrogen (secondary N) is 1. The Morgan fingerprint density at radius 1 is 0.971 bits per heavy atom. The van der Waals surface area contributed by atoms with Crippen LogP contribution in [0.2, 0.25) is 0 Å². The largest absolute Gasteiger partial charge is 0.492 e. The summed E-state index contributed by atoms with van der Waals surface area (Å²) in [5.41, 5.74) is 4.22. The van der Waals surface area contributed by atoms with Crippen LogP contribution in [0, 0.1) is 6.92 Å². The second kappa shape index (κ2) is 10.2. The fourth-order valence-corrected chi connectivity index (χ4v) is 3.98. The number of benzene rings is 3. The molecule has 4 amide bonds. The number of hydrazine groups is 1. The van der Waals surface area contributed by atoms with Crippen LogP contribution in [0.1, 0.15) is 39.6 Å². The van der Waals surface area contributed by atoms with E-state index < -0.39 is 29.7 Å². The van der Waals surface area contributed by atoms with Crippen molar-refractivity contribution in [2.24, 2.45) is 0 Å². The first-order valence-corrected chi connectivity index (χ1v) is 11.3. The van der Waals surface area contributed by atoms with E-state index in [0.717, 1.165) is 9.91 Å². The van der Waals surface area contributed by atoms with E-state index in [-0.39, 0.29) is 12.0 Å². The molecule has 3 aromatic carbocycles. The third-order valence-electron chi connectivity index (χ3n) is 5.69. The molecular weight excluding hydrogens is 446 g/mol. The van der Waals surface area contributed by atoms with E-state index in [1.54, 1.807) is 92.7 Å². The minimum atomic E-state index is -1.22. The molecule has 1 heterocycles. The third kappa shape index (κ3) is 4.77. The van der Waals surface area contributed by atoms with Gasteiger partial charge in [0.2, 0.25) is 5.91 Å². The van der Waals surface area contributed by atoms with Crippen molar-refractivity contribution in [3.05, 3.63) is 95.6 Å². The van der Waals surface area contributed by atoms with E-state index in [1.165, 1.54) is 0 Å². The Morgan fingerprint density at radius 3 is 2.34 bits per heavy atom. The summed E-state index contributed by atoms with van der Waals surface area (Å²) in [7, 11) is 0. The molecule has 8 nitrogen and oxygen atoms in total. The molecule has 1 saturated heterocycles. The number of anilines is 1. The van der Waals surface area contributed by atoms with Crippen molar-refractivity contribution in [3.63, 3.8) is 0 Å². The highest BCUT2D eigenvalue weighted by Gasteiger charge is 2.46. The van der Waals surface area contributed by atoms with E-state index in [2.05, 4.69) is 5.43 Å². The number of carbonyl (C=O) groups excluding carboxylic acids is 4. The molecule has 1 N–H and O–H groups in total. The Labute approximate surface area is 203 Å². The lowest BCUT2D eigenvalue weighted by Gasteiger charge is -2.28. The van der Waals surface area contributed by atoms with Crippen LogP contribution in [-0.4, -0.2) is 41.3 Å². The maximum absolute atomic E-state index is 13.5. The van der Waals surface area contributed by atoms with Gasteiger partial charge in [-0.3, -0.25) is 24.6 Å². The Kier molecular flexibility index (Phi) is 6.91. The van der Waals surface area contributed by atoms with Gasteiger partial charge in [-0.1, -0.05) is 48.5 Å². The monoisotopic (exact) mass is 471 g/mol. The molecule has 1 unspecified atom stereocenters. The van der Waals surface area contributed by atoms with Crippen molar-refractivity contribution in [1.29, 1.82) is 0 Å². The van der Waals surface area contributed by atoms with Crippen LogP contribution in [0.4, 0.5) is 5.69 Å². The van der Waals surface area contributed by atoms with Gasteiger partial charge in [-0.25, -0.2) is 9.91 Å². The molecule has 3 aromatic rings. The first-order chi connectivity index (χ1) is 16.9. The van der Waals surface area contributed by atoms with Crippen LogP contribution in [0.5, 0.6) is 5.75 Å². The first-order valence-electron chi connectivity index (χ1n) is 11.3. The van der Waals surface area contributed by atoms with Gasteiger partial charge in [0.1, 0.15) is 11.8 Å². The maximum Gasteiger partial charge on any atom is 0.273 e. The number of hydrogen-bond donors (Lipinski definition) is 1. The fraction of sp³-hybridized carbons (Fsp3) is 0.185. The summed E-state index contributed by atoms with van der Waals surface area (Å²) in [6.07, 6.45) is -0.286. The molecule has 1 fully saturated rings. The lowest BCUT2D eigenvalue weighted by Crippen LogP contribution is -2.54. The molecule has 178 valence electrons. The van der Waals surface area contributed by atoms with Gasteiger partial charge in [0, 0.05) is 11.1 Å². The minimum absolute atomic E-state index is 0.269. The molecule has 8 heteroatoms. The van der Waals surface area contributed by atoms with E-state index in [4.69, 9.17) is 4.74 Å². The van der Waals surface area contributed by atoms with Crippen molar-refractivity contribution in [1.82, 2.24) is 10.4 Å². The minimum Gasteiger partial charge on any atom is -0.492 e. The van der Waals surface area contributed by atoms with E-state index in [9.17, 15) is 19.2 Å². The summed E-state index contributed by atoms with van der Waals surface area (Å²) in [6, 6.07) is 20.7. The Hall–Kier alpha value is -4.46. The second-order valence-electron chi connectivity index (χ2n) is 7.99. The van der Waals surface area contributed by atoms with Gasteiger partial charge in [0.05, 0.1) is 18.7 Å². The summed E-state index contributed by atoms with van der Waals surface area (Å²) in [6.45, 7) is 3.92. The average Bonchev–Trinajstić information content (AvgIpc) is 3.16. The normalized spacial score (nSPS) is 15.1. The van der Waals surface area contributed by atoms with Gasteiger partial charge >= 0.3 is 0 Å². The first kappa shape index (κ1) is 23.7. The van der Waals surface area contributed by atoms with Crippen LogP contribution >= 0.6 is 0 Å². The quantitative estimate of drug-likeness (QED) is 0.438. The topological polar surface area (TPSA) is 96.0 Å². The number of rotatable bonds is 6. The van der Waals surface area contributed by atoms with Gasteiger partial charge in [0.25, 0.3) is 17.7 Å². The Morgan fingerprint density at radius 2 is 1.63 bits per heavy atom. The van der Waals surface area contributed by atoms with Crippen LogP contribution in [0.3, 0.4) is 0 Å². The second-order valence-corrected chi connectivity index (χ2v) is 7.99. The summed E-state index contributed by atoms with van der Waals surface area (Å²) >= 11 is 0. The number of nitrogens with zero attached hydrogens (tertiary/aromatic N) is 2. The molecule has 0 radical (unpaired) electrons. The van der Waals surface area contributed by atoms with Crippen molar-refractivity contribution in [2.45, 2.75) is 26.3 Å². The highest BCUT2D eigenvalue weighted by Crippen LogP contribution is 2.33. The molecule has 1 aliphatic heterocycles. The molecule has 35 heavy (non-hydrogen) atoms. The zero-order valence-corrected chi connectivity index (χ0v) is 19.4. The molecule has 0 aliphatic carbocycles. The van der Waals surface area contributed by atoms with Crippen LogP contribution in [0.15, 0.2) is 78.9 Å². The predicted molar refractivity (Wildman–Crippen MR) is 130 cm³/mol. The van der Waals surface area contributed by atoms with Crippen molar-refractivity contribution in [3.8, 4) is 5.75 Å². The van der Waals surface area contributed by atoms with E-state index in [1.807, 2.05) is 0 Å². The standard InChI is InChI=1S/C27H25N3O5/c1-3-35-23-16-10-9-15-21(23)29-24(31)17-22(27(29)34)30(26(33)19-12-5-4-6-13-19)28-25(32)20-14-8-7-11-18(20)2/h4-16,22H,3,17H2,1-2H3,(H,28,32). The highest BCUT2D eigenvalue weighted by atomic mass is 16.5. The molecule has 0 spiro atoms. The number of hydrogen-bond acceptors (Lipinski definition) is 5. The van der Waals surface area contributed by atoms with Crippen LogP contribution < -0.4 is 15.1 Å². The summed E-state index contributed by atoms with van der Waals surface area (Å²) in [4.78, 5) is 54.1. The predicted octanol–water partition coefficient (Wildman–Crippen LogP) is 3.51. The van der Waals surface area contributed by atoms with Crippen LogP contribution in [0.25, 0.3) is 0 Å². The van der Waals surface area contributed by atoms with Crippen molar-refractivity contribution < 1.29 is 23.9 Å². The SMILES string of the molecule is CCOc1ccccc1N1C(=O)CC(N(NC(=O)c2ccccc2C)C(=O)c2ccccc2)C1=O. The number of imide groups is 1. The Balaban J connectivity index is 1.70. The van der Waals surface area contributed by atoms with Crippen molar-refractivity contribution >= 4 is 29.3 Å². The molecular formula is C27H25N3O5. The Bertz CT molecular complexity index is 1270. The number of para-hydroxylation sites is 2. The highest BCUT2D eigenvalue weighted by molar-refractivity contribution is 6.24. The summed E-state index contributed by atoms with van der Waals surface area (Å²) in [5, 5.41) is 0.966. The number of carbonyl (C=O) groups is 4. The van der Waals surface area contributed by atoms with Gasteiger partial charge in [-0.05, 0) is 49.7 Å². The fourth-order valence-electron chi connectivity index (χ4n) is 3.98.